The molecule has 0 saturated carbocycles. The predicted molar refractivity (Wildman–Crippen MR) is 116 cm³/mol. The van der Waals surface area contributed by atoms with Gasteiger partial charge in [0.15, 0.2) is 0 Å². The first kappa shape index (κ1) is 23.4. The van der Waals surface area contributed by atoms with Crippen LogP contribution in [0.2, 0.25) is 0 Å². The van der Waals surface area contributed by atoms with Crippen LogP contribution in [0.3, 0.4) is 0 Å². The largest absolute Gasteiger partial charge is 0.417 e. The van der Waals surface area contributed by atoms with E-state index in [1.807, 2.05) is 0 Å². The van der Waals surface area contributed by atoms with Crippen molar-refractivity contribution in [3.63, 3.8) is 0 Å². The average Bonchev–Trinajstić information content (AvgIpc) is 2.77. The summed E-state index contributed by atoms with van der Waals surface area (Å²) in [5.74, 6) is -0.0144. The molecule has 0 aliphatic carbocycles. The number of hydrogen-bond donors (Lipinski definition) is 2. The first-order valence-corrected chi connectivity index (χ1v) is 10.3. The van der Waals surface area contributed by atoms with Gasteiger partial charge in [0.2, 0.25) is 0 Å². The molecule has 34 heavy (non-hydrogen) atoms. The summed E-state index contributed by atoms with van der Waals surface area (Å²) in [4.78, 5) is 14.4. The third-order valence-electron chi connectivity index (χ3n) is 5.56. The summed E-state index contributed by atoms with van der Waals surface area (Å²) < 4.78 is 54.5. The Morgan fingerprint density at radius 1 is 1.12 bits per heavy atom. The standard InChI is InChI=1S/C23H20F4N6O/c1-22(2,34)17-10-29-20(8-18(17)24)32-21-15-5-6-33(11-19(15)30-12-31-21)14-4-3-13(9-28)16(7-14)23(25,26)27/h3-4,7-8,10,12,34H,5-6,11H2,1-2H3,(H,29,30,31,32). The van der Waals surface area contributed by atoms with E-state index in [1.165, 1.54) is 32.4 Å². The van der Waals surface area contributed by atoms with E-state index in [1.54, 1.807) is 11.0 Å². The molecule has 11 heteroatoms. The smallest absolute Gasteiger partial charge is 0.386 e. The summed E-state index contributed by atoms with van der Waals surface area (Å²) in [7, 11) is 0. The van der Waals surface area contributed by atoms with Crippen LogP contribution in [-0.2, 0) is 24.7 Å². The summed E-state index contributed by atoms with van der Waals surface area (Å²) in [6.07, 6.45) is -1.66. The van der Waals surface area contributed by atoms with Gasteiger partial charge in [0.25, 0.3) is 0 Å². The van der Waals surface area contributed by atoms with Crippen molar-refractivity contribution in [1.29, 1.82) is 5.26 Å². The van der Waals surface area contributed by atoms with Gasteiger partial charge in [0, 0.05) is 35.6 Å². The maximum atomic E-state index is 14.4. The molecule has 0 saturated heterocycles. The molecule has 1 aliphatic heterocycles. The summed E-state index contributed by atoms with van der Waals surface area (Å²) in [5.41, 5.74) is -1.06. The normalized spacial score (nSPS) is 13.9. The van der Waals surface area contributed by atoms with Gasteiger partial charge in [-0.3, -0.25) is 0 Å². The second kappa shape index (κ2) is 8.53. The van der Waals surface area contributed by atoms with Crippen molar-refractivity contribution in [2.24, 2.45) is 0 Å². The molecule has 0 radical (unpaired) electrons. The molecule has 2 aromatic heterocycles. The lowest BCUT2D eigenvalue weighted by Gasteiger charge is -2.31. The average molecular weight is 472 g/mol. The van der Waals surface area contributed by atoms with Gasteiger partial charge in [-0.1, -0.05) is 0 Å². The number of aromatic nitrogens is 3. The highest BCUT2D eigenvalue weighted by molar-refractivity contribution is 5.61. The van der Waals surface area contributed by atoms with Gasteiger partial charge in [0.1, 0.15) is 23.8 Å². The first-order valence-electron chi connectivity index (χ1n) is 10.3. The summed E-state index contributed by atoms with van der Waals surface area (Å²) in [6, 6.07) is 6.36. The molecule has 7 nitrogen and oxygen atoms in total. The molecule has 176 valence electrons. The van der Waals surface area contributed by atoms with Crippen molar-refractivity contribution in [3.8, 4) is 6.07 Å². The quantitative estimate of drug-likeness (QED) is 0.542. The number of pyridine rings is 1. The molecule has 3 heterocycles. The zero-order valence-electron chi connectivity index (χ0n) is 18.3. The Kier molecular flexibility index (Phi) is 5.87. The van der Waals surface area contributed by atoms with Crippen LogP contribution < -0.4 is 10.2 Å². The maximum absolute atomic E-state index is 14.4. The van der Waals surface area contributed by atoms with Gasteiger partial charge in [-0.2, -0.15) is 18.4 Å². The summed E-state index contributed by atoms with van der Waals surface area (Å²) in [5, 5.41) is 22.0. The van der Waals surface area contributed by atoms with Crippen LogP contribution in [0.4, 0.5) is 34.9 Å². The number of rotatable bonds is 4. The highest BCUT2D eigenvalue weighted by atomic mass is 19.4. The van der Waals surface area contributed by atoms with Crippen molar-refractivity contribution in [1.82, 2.24) is 15.0 Å². The van der Waals surface area contributed by atoms with E-state index in [9.17, 15) is 22.7 Å². The van der Waals surface area contributed by atoms with Crippen LogP contribution in [0, 0.1) is 17.1 Å². The third kappa shape index (κ3) is 4.63. The zero-order valence-corrected chi connectivity index (χ0v) is 18.3. The number of halogens is 4. The molecule has 0 unspecified atom stereocenters. The molecular weight excluding hydrogens is 452 g/mol. The third-order valence-corrected chi connectivity index (χ3v) is 5.56. The Morgan fingerprint density at radius 3 is 2.53 bits per heavy atom. The Labute approximate surface area is 192 Å². The maximum Gasteiger partial charge on any atom is 0.417 e. The van der Waals surface area contributed by atoms with Crippen molar-refractivity contribution >= 4 is 17.3 Å². The monoisotopic (exact) mass is 472 g/mol. The SMILES string of the molecule is CC(C)(O)c1cnc(Nc2ncnc3c2CCN(c2ccc(C#N)c(C(F)(F)F)c2)C3)cc1F. The van der Waals surface area contributed by atoms with Crippen LogP contribution in [0.1, 0.15) is 41.8 Å². The molecule has 0 bridgehead atoms. The van der Waals surface area contributed by atoms with Crippen molar-refractivity contribution in [3.05, 3.63) is 70.6 Å². The van der Waals surface area contributed by atoms with Gasteiger partial charge in [-0.15, -0.1) is 0 Å². The minimum atomic E-state index is -4.64. The number of alkyl halides is 3. The van der Waals surface area contributed by atoms with Gasteiger partial charge in [0.05, 0.1) is 35.0 Å². The Balaban J connectivity index is 1.59. The number of nitriles is 1. The van der Waals surface area contributed by atoms with Crippen molar-refractivity contribution in [2.75, 3.05) is 16.8 Å². The summed E-state index contributed by atoms with van der Waals surface area (Å²) >= 11 is 0. The molecule has 1 aromatic carbocycles. The second-order valence-corrected chi connectivity index (χ2v) is 8.39. The number of nitrogens with zero attached hydrogens (tertiary/aromatic N) is 5. The van der Waals surface area contributed by atoms with E-state index < -0.39 is 28.7 Å². The molecular formula is C23H20F4N6O. The van der Waals surface area contributed by atoms with Crippen LogP contribution in [0.5, 0.6) is 0 Å². The van der Waals surface area contributed by atoms with Crippen molar-refractivity contribution in [2.45, 2.75) is 38.6 Å². The second-order valence-electron chi connectivity index (χ2n) is 8.39. The molecule has 2 N–H and O–H groups in total. The van der Waals surface area contributed by atoms with Crippen LogP contribution in [0.25, 0.3) is 0 Å². The number of fused-ring (bicyclic) bond motifs is 1. The van der Waals surface area contributed by atoms with E-state index in [0.29, 0.717) is 30.2 Å². The van der Waals surface area contributed by atoms with Gasteiger partial charge in [-0.25, -0.2) is 19.3 Å². The van der Waals surface area contributed by atoms with Gasteiger partial charge < -0.3 is 15.3 Å². The Bertz CT molecular complexity index is 1280. The number of anilines is 3. The number of benzene rings is 1. The predicted octanol–water partition coefficient (Wildman–Crippen LogP) is 4.43. The van der Waals surface area contributed by atoms with E-state index in [4.69, 9.17) is 5.26 Å². The van der Waals surface area contributed by atoms with Crippen LogP contribution in [-0.4, -0.2) is 26.6 Å². The fraction of sp³-hybridized carbons (Fsp3) is 0.304. The Morgan fingerprint density at radius 2 is 1.88 bits per heavy atom. The summed E-state index contributed by atoms with van der Waals surface area (Å²) in [6.45, 7) is 3.53. The zero-order chi connectivity index (χ0) is 24.7. The number of hydrogen-bond acceptors (Lipinski definition) is 7. The Hall–Kier alpha value is -3.78. The van der Waals surface area contributed by atoms with Crippen LogP contribution >= 0.6 is 0 Å². The number of aliphatic hydroxyl groups is 1. The van der Waals surface area contributed by atoms with E-state index in [-0.39, 0.29) is 17.9 Å². The molecule has 1 aliphatic rings. The topological polar surface area (TPSA) is 98.0 Å². The highest BCUT2D eigenvalue weighted by Crippen LogP contribution is 2.36. The molecule has 0 spiro atoms. The lowest BCUT2D eigenvalue weighted by Crippen LogP contribution is -2.32. The fourth-order valence-electron chi connectivity index (χ4n) is 3.81. The highest BCUT2D eigenvalue weighted by Gasteiger charge is 2.34. The minimum absolute atomic E-state index is 0.0547. The van der Waals surface area contributed by atoms with Gasteiger partial charge in [-0.05, 0) is 38.5 Å². The molecule has 4 rings (SSSR count). The molecule has 3 aromatic rings. The number of nitrogens with one attached hydrogen (secondary N) is 1. The lowest BCUT2D eigenvalue weighted by molar-refractivity contribution is -0.137. The van der Waals surface area contributed by atoms with Crippen molar-refractivity contribution < 1.29 is 22.7 Å². The molecule has 0 amide bonds. The van der Waals surface area contributed by atoms with Crippen LogP contribution in [0.15, 0.2) is 36.8 Å². The lowest BCUT2D eigenvalue weighted by atomic mass is 10.00. The molecule has 0 fully saturated rings. The molecule has 0 atom stereocenters. The first-order chi connectivity index (χ1) is 16.0. The van der Waals surface area contributed by atoms with E-state index in [0.717, 1.165) is 23.8 Å². The van der Waals surface area contributed by atoms with E-state index >= 15 is 0 Å². The van der Waals surface area contributed by atoms with E-state index in [2.05, 4.69) is 20.3 Å². The minimum Gasteiger partial charge on any atom is -0.386 e. The fourth-order valence-corrected chi connectivity index (χ4v) is 3.81. The van der Waals surface area contributed by atoms with Gasteiger partial charge >= 0.3 is 6.18 Å².